The molecule has 6 nitrogen and oxygen atoms in total. The summed E-state index contributed by atoms with van der Waals surface area (Å²) in [6, 6.07) is 8.46. The average Bonchev–Trinajstić information content (AvgIpc) is 2.56. The van der Waals surface area contributed by atoms with Crippen LogP contribution >= 0.6 is 24.0 Å². The predicted molar refractivity (Wildman–Crippen MR) is 114 cm³/mol. The first-order valence-electron chi connectivity index (χ1n) is 8.26. The number of hydrogen-bond donors (Lipinski definition) is 2. The Labute approximate surface area is 168 Å². The molecule has 0 heterocycles. The molecule has 1 aromatic carbocycles. The number of sulfone groups is 1. The van der Waals surface area contributed by atoms with E-state index in [1.165, 1.54) is 0 Å². The van der Waals surface area contributed by atoms with E-state index >= 15 is 0 Å². The largest absolute Gasteiger partial charge is 0.380 e. The third-order valence-corrected chi connectivity index (χ3v) is 5.10. The van der Waals surface area contributed by atoms with Crippen LogP contribution in [0.25, 0.3) is 0 Å². The highest BCUT2D eigenvalue weighted by molar-refractivity contribution is 14.0. The number of benzene rings is 1. The van der Waals surface area contributed by atoms with Gasteiger partial charge in [0.25, 0.3) is 0 Å². The number of ether oxygens (including phenoxy) is 1. The van der Waals surface area contributed by atoms with Gasteiger partial charge in [0.05, 0.1) is 17.3 Å². The minimum Gasteiger partial charge on any atom is -0.380 e. The Bertz CT molecular complexity index is 592. The summed E-state index contributed by atoms with van der Waals surface area (Å²) in [7, 11) is -1.62. The summed E-state index contributed by atoms with van der Waals surface area (Å²) in [5.74, 6) is 1.23. The van der Waals surface area contributed by atoms with E-state index in [2.05, 4.69) is 29.5 Å². The molecule has 0 aliphatic heterocycles. The zero-order chi connectivity index (χ0) is 17.8. The number of guanidine groups is 1. The Hall–Kier alpha value is -0.870. The van der Waals surface area contributed by atoms with Crippen molar-refractivity contribution in [3.8, 4) is 0 Å². The molecule has 0 atom stereocenters. The van der Waals surface area contributed by atoms with Crippen molar-refractivity contribution in [1.29, 1.82) is 0 Å². The van der Waals surface area contributed by atoms with E-state index in [9.17, 15) is 8.42 Å². The first kappa shape index (κ1) is 24.1. The Balaban J connectivity index is 0.00000576. The molecule has 1 aromatic rings. The topological polar surface area (TPSA) is 79.8 Å². The van der Waals surface area contributed by atoms with Crippen molar-refractivity contribution < 1.29 is 13.2 Å². The molecule has 8 heteroatoms. The Morgan fingerprint density at radius 1 is 1.12 bits per heavy atom. The second-order valence-electron chi connectivity index (χ2n) is 5.85. The number of aliphatic imine (C=N–C) groups is 1. The fraction of sp³-hybridized carbons (Fsp3) is 0.588. The summed E-state index contributed by atoms with van der Waals surface area (Å²) in [6.45, 7) is 6.60. The van der Waals surface area contributed by atoms with E-state index in [0.29, 0.717) is 36.5 Å². The molecular weight excluding hydrogens is 453 g/mol. The van der Waals surface area contributed by atoms with Crippen molar-refractivity contribution >= 4 is 39.8 Å². The molecule has 0 spiro atoms. The number of nitrogens with zero attached hydrogens (tertiary/aromatic N) is 1. The van der Waals surface area contributed by atoms with E-state index < -0.39 is 9.84 Å². The van der Waals surface area contributed by atoms with Crippen LogP contribution in [-0.4, -0.2) is 53.5 Å². The molecule has 0 amide bonds. The Kier molecular flexibility index (Phi) is 12.9. The maximum absolute atomic E-state index is 12.2. The van der Waals surface area contributed by atoms with Gasteiger partial charge in [0.2, 0.25) is 0 Å². The second-order valence-corrected chi connectivity index (χ2v) is 7.96. The van der Waals surface area contributed by atoms with E-state index in [-0.39, 0.29) is 29.7 Å². The normalized spacial score (nSPS) is 11.9. The van der Waals surface area contributed by atoms with Crippen LogP contribution in [0.4, 0.5) is 0 Å². The Morgan fingerprint density at radius 2 is 1.76 bits per heavy atom. The number of nitrogens with one attached hydrogen (secondary N) is 2. The van der Waals surface area contributed by atoms with Gasteiger partial charge in [0, 0.05) is 26.7 Å². The van der Waals surface area contributed by atoms with Gasteiger partial charge in [-0.25, -0.2) is 8.42 Å². The van der Waals surface area contributed by atoms with Crippen molar-refractivity contribution in [1.82, 2.24) is 10.6 Å². The van der Waals surface area contributed by atoms with Gasteiger partial charge in [0.15, 0.2) is 15.8 Å². The van der Waals surface area contributed by atoms with Crippen LogP contribution in [0.3, 0.4) is 0 Å². The van der Waals surface area contributed by atoms with Gasteiger partial charge in [0.1, 0.15) is 0 Å². The summed E-state index contributed by atoms with van der Waals surface area (Å²) in [6.07, 6.45) is 1.05. The molecule has 0 saturated carbocycles. The smallest absolute Gasteiger partial charge is 0.191 e. The van der Waals surface area contributed by atoms with Gasteiger partial charge in [-0.15, -0.1) is 24.0 Å². The van der Waals surface area contributed by atoms with Crippen LogP contribution in [0.1, 0.15) is 20.3 Å². The summed E-state index contributed by atoms with van der Waals surface area (Å²) in [5, 5.41) is 6.11. The molecule has 0 saturated heterocycles. The zero-order valence-corrected chi connectivity index (χ0v) is 18.3. The number of halogens is 1. The van der Waals surface area contributed by atoms with Crippen LogP contribution in [-0.2, 0) is 14.6 Å². The van der Waals surface area contributed by atoms with E-state index in [0.717, 1.165) is 13.0 Å². The number of hydrogen-bond acceptors (Lipinski definition) is 4. The lowest BCUT2D eigenvalue weighted by molar-refractivity contribution is 0.128. The van der Waals surface area contributed by atoms with Gasteiger partial charge in [-0.3, -0.25) is 4.99 Å². The molecule has 0 radical (unpaired) electrons. The van der Waals surface area contributed by atoms with Crippen molar-refractivity contribution in [3.05, 3.63) is 30.3 Å². The second kappa shape index (κ2) is 13.3. The lowest BCUT2D eigenvalue weighted by Gasteiger charge is -2.12. The number of rotatable bonds is 10. The molecule has 25 heavy (non-hydrogen) atoms. The predicted octanol–water partition coefficient (Wildman–Crippen LogP) is 2.31. The standard InChI is InChI=1S/C17H29N3O3S.HI/c1-15(2)9-12-23-13-10-19-17(18-3)20-11-14-24(21,22)16-7-5-4-6-8-16;/h4-8,15H,9-14H2,1-3H3,(H2,18,19,20);1H. The molecular formula is C17H30IN3O3S. The van der Waals surface area contributed by atoms with Crippen LogP contribution < -0.4 is 10.6 Å². The highest BCUT2D eigenvalue weighted by Crippen LogP contribution is 2.09. The van der Waals surface area contributed by atoms with Crippen LogP contribution in [0.5, 0.6) is 0 Å². The molecule has 0 aliphatic carbocycles. The lowest BCUT2D eigenvalue weighted by Crippen LogP contribution is -2.41. The molecule has 0 aliphatic rings. The van der Waals surface area contributed by atoms with E-state index in [4.69, 9.17) is 4.74 Å². The summed E-state index contributed by atoms with van der Waals surface area (Å²) in [4.78, 5) is 4.41. The maximum Gasteiger partial charge on any atom is 0.191 e. The van der Waals surface area contributed by atoms with Gasteiger partial charge in [-0.2, -0.15) is 0 Å². The highest BCUT2D eigenvalue weighted by atomic mass is 127. The average molecular weight is 483 g/mol. The third-order valence-electron chi connectivity index (χ3n) is 3.37. The Morgan fingerprint density at radius 3 is 2.36 bits per heavy atom. The van der Waals surface area contributed by atoms with Crippen LogP contribution in [0, 0.1) is 5.92 Å². The highest BCUT2D eigenvalue weighted by Gasteiger charge is 2.13. The van der Waals surface area contributed by atoms with Crippen molar-refractivity contribution in [2.75, 3.05) is 39.1 Å². The molecule has 1 rings (SSSR count). The summed E-state index contributed by atoms with van der Waals surface area (Å²) >= 11 is 0. The van der Waals surface area contributed by atoms with E-state index in [1.807, 2.05) is 0 Å². The summed E-state index contributed by atoms with van der Waals surface area (Å²) in [5.41, 5.74) is 0. The van der Waals surface area contributed by atoms with E-state index in [1.54, 1.807) is 37.4 Å². The molecule has 144 valence electrons. The summed E-state index contributed by atoms with van der Waals surface area (Å²) < 4.78 is 29.9. The minimum atomic E-state index is -3.27. The lowest BCUT2D eigenvalue weighted by atomic mass is 10.1. The van der Waals surface area contributed by atoms with Gasteiger partial charge >= 0.3 is 0 Å². The van der Waals surface area contributed by atoms with Gasteiger partial charge in [-0.1, -0.05) is 32.0 Å². The van der Waals surface area contributed by atoms with Crippen molar-refractivity contribution in [2.45, 2.75) is 25.2 Å². The monoisotopic (exact) mass is 483 g/mol. The van der Waals surface area contributed by atoms with Gasteiger partial charge in [-0.05, 0) is 24.5 Å². The third kappa shape index (κ3) is 10.7. The molecule has 0 fully saturated rings. The first-order valence-corrected chi connectivity index (χ1v) is 9.91. The fourth-order valence-corrected chi connectivity index (χ4v) is 3.11. The molecule has 0 aromatic heterocycles. The molecule has 0 unspecified atom stereocenters. The van der Waals surface area contributed by atoms with Crippen LogP contribution in [0.2, 0.25) is 0 Å². The zero-order valence-electron chi connectivity index (χ0n) is 15.2. The van der Waals surface area contributed by atoms with Crippen molar-refractivity contribution in [2.24, 2.45) is 10.9 Å². The maximum atomic E-state index is 12.2. The molecule has 2 N–H and O–H groups in total. The quantitative estimate of drug-likeness (QED) is 0.231. The fourth-order valence-electron chi connectivity index (χ4n) is 1.93. The van der Waals surface area contributed by atoms with Gasteiger partial charge < -0.3 is 15.4 Å². The SMILES string of the molecule is CN=C(NCCOCCC(C)C)NCCS(=O)(=O)c1ccccc1.I. The van der Waals surface area contributed by atoms with Crippen molar-refractivity contribution in [3.63, 3.8) is 0 Å². The van der Waals surface area contributed by atoms with Crippen LogP contribution in [0.15, 0.2) is 40.2 Å². The minimum absolute atomic E-state index is 0. The first-order chi connectivity index (χ1) is 11.5. The molecule has 0 bridgehead atoms.